The number of nitrogens with one attached hydrogen (secondary N) is 1. The highest BCUT2D eigenvalue weighted by molar-refractivity contribution is 4.95. The van der Waals surface area contributed by atoms with Gasteiger partial charge in [-0.2, -0.15) is 0 Å². The fourth-order valence-corrected chi connectivity index (χ4v) is 3.84. The minimum absolute atomic E-state index is 0.122. The first kappa shape index (κ1) is 17.2. The highest BCUT2D eigenvalue weighted by atomic mass is 16.3. The summed E-state index contributed by atoms with van der Waals surface area (Å²) in [6.45, 7) is 9.53. The van der Waals surface area contributed by atoms with Gasteiger partial charge in [0, 0.05) is 23.7 Å². The normalized spacial score (nSPS) is 27.6. The zero-order chi connectivity index (χ0) is 15.7. The van der Waals surface area contributed by atoms with E-state index in [0.717, 1.165) is 12.5 Å². The Labute approximate surface area is 131 Å². The van der Waals surface area contributed by atoms with Crippen LogP contribution in [-0.4, -0.2) is 47.3 Å². The van der Waals surface area contributed by atoms with Crippen LogP contribution >= 0.6 is 0 Å². The lowest BCUT2D eigenvalue weighted by Gasteiger charge is -2.43. The lowest BCUT2D eigenvalue weighted by atomic mass is 9.75. The largest absolute Gasteiger partial charge is 0.394 e. The van der Waals surface area contributed by atoms with Gasteiger partial charge >= 0.3 is 0 Å². The van der Waals surface area contributed by atoms with Gasteiger partial charge in [-0.25, -0.2) is 0 Å². The van der Waals surface area contributed by atoms with Gasteiger partial charge in [0.2, 0.25) is 0 Å². The molecule has 124 valence electrons. The minimum Gasteiger partial charge on any atom is -0.394 e. The second-order valence-electron chi connectivity index (χ2n) is 8.75. The minimum atomic E-state index is -0.122. The van der Waals surface area contributed by atoms with E-state index >= 15 is 0 Å². The molecule has 0 bridgehead atoms. The first-order valence-corrected chi connectivity index (χ1v) is 8.85. The van der Waals surface area contributed by atoms with E-state index in [1.807, 2.05) is 0 Å². The third-order valence-electron chi connectivity index (χ3n) is 5.80. The summed E-state index contributed by atoms with van der Waals surface area (Å²) in [5.74, 6) is 0. The maximum atomic E-state index is 9.79. The lowest BCUT2D eigenvalue weighted by Crippen LogP contribution is -2.52. The Balaban J connectivity index is 1.85. The molecule has 2 aliphatic carbocycles. The molecule has 0 heterocycles. The van der Waals surface area contributed by atoms with Crippen molar-refractivity contribution in [3.8, 4) is 0 Å². The van der Waals surface area contributed by atoms with Crippen molar-refractivity contribution in [1.82, 2.24) is 10.2 Å². The molecule has 0 saturated heterocycles. The third-order valence-corrected chi connectivity index (χ3v) is 5.80. The Kier molecular flexibility index (Phi) is 5.38. The Morgan fingerprint density at radius 1 is 1.24 bits per heavy atom. The number of nitrogens with zero attached hydrogens (tertiary/aromatic N) is 1. The van der Waals surface area contributed by atoms with Crippen LogP contribution < -0.4 is 5.32 Å². The van der Waals surface area contributed by atoms with Crippen molar-refractivity contribution in [3.63, 3.8) is 0 Å². The number of hydrogen-bond acceptors (Lipinski definition) is 3. The molecule has 0 aromatic carbocycles. The molecule has 2 aliphatic rings. The van der Waals surface area contributed by atoms with Gasteiger partial charge in [-0.1, -0.05) is 13.8 Å². The van der Waals surface area contributed by atoms with Gasteiger partial charge in [0.15, 0.2) is 0 Å². The molecule has 2 fully saturated rings. The van der Waals surface area contributed by atoms with Crippen molar-refractivity contribution in [2.24, 2.45) is 5.41 Å². The number of aliphatic hydroxyl groups is 1. The fourth-order valence-electron chi connectivity index (χ4n) is 3.84. The van der Waals surface area contributed by atoms with Gasteiger partial charge in [0.1, 0.15) is 0 Å². The number of aliphatic hydroxyl groups excluding tert-OH is 1. The van der Waals surface area contributed by atoms with Crippen LogP contribution in [0.2, 0.25) is 0 Å². The predicted octanol–water partition coefficient (Wildman–Crippen LogP) is 3.17. The van der Waals surface area contributed by atoms with Crippen molar-refractivity contribution in [2.45, 2.75) is 96.3 Å². The average molecular weight is 296 g/mol. The van der Waals surface area contributed by atoms with Gasteiger partial charge in [0.05, 0.1) is 6.61 Å². The monoisotopic (exact) mass is 296 g/mol. The Bertz CT molecular complexity index is 330. The van der Waals surface area contributed by atoms with Crippen LogP contribution in [0.1, 0.15) is 72.6 Å². The summed E-state index contributed by atoms with van der Waals surface area (Å²) in [4.78, 5) is 2.57. The van der Waals surface area contributed by atoms with Crippen molar-refractivity contribution in [2.75, 3.05) is 13.7 Å². The maximum absolute atomic E-state index is 9.79. The summed E-state index contributed by atoms with van der Waals surface area (Å²) in [6, 6.07) is 1.88. The van der Waals surface area contributed by atoms with Gasteiger partial charge in [0.25, 0.3) is 0 Å². The first-order valence-electron chi connectivity index (χ1n) is 8.85. The number of rotatable bonds is 7. The molecule has 0 spiro atoms. The summed E-state index contributed by atoms with van der Waals surface area (Å²) in [5, 5.41) is 13.4. The third kappa shape index (κ3) is 4.94. The van der Waals surface area contributed by atoms with E-state index < -0.39 is 0 Å². The first-order chi connectivity index (χ1) is 9.75. The molecular formula is C18H36N2O. The summed E-state index contributed by atoms with van der Waals surface area (Å²) in [6.07, 6.45) is 8.89. The molecule has 3 nitrogen and oxygen atoms in total. The zero-order valence-electron chi connectivity index (χ0n) is 14.8. The van der Waals surface area contributed by atoms with Crippen LogP contribution in [0.15, 0.2) is 0 Å². The van der Waals surface area contributed by atoms with E-state index in [4.69, 9.17) is 0 Å². The number of hydrogen-bond donors (Lipinski definition) is 2. The van der Waals surface area contributed by atoms with Crippen molar-refractivity contribution in [3.05, 3.63) is 0 Å². The molecule has 2 rings (SSSR count). The van der Waals surface area contributed by atoms with Crippen LogP contribution in [0, 0.1) is 5.41 Å². The fraction of sp³-hybridized carbons (Fsp3) is 1.00. The predicted molar refractivity (Wildman–Crippen MR) is 89.5 cm³/mol. The summed E-state index contributed by atoms with van der Waals surface area (Å²) < 4.78 is 0. The Morgan fingerprint density at radius 2 is 1.81 bits per heavy atom. The molecule has 21 heavy (non-hydrogen) atoms. The lowest BCUT2D eigenvalue weighted by molar-refractivity contribution is 0.0706. The molecule has 0 aromatic heterocycles. The molecule has 2 saturated carbocycles. The molecule has 2 atom stereocenters. The van der Waals surface area contributed by atoms with Crippen LogP contribution in [-0.2, 0) is 0 Å². The molecule has 2 N–H and O–H groups in total. The zero-order valence-corrected chi connectivity index (χ0v) is 14.8. The van der Waals surface area contributed by atoms with Gasteiger partial charge in [-0.3, -0.25) is 0 Å². The quantitative estimate of drug-likeness (QED) is 0.757. The van der Waals surface area contributed by atoms with Crippen molar-refractivity contribution in [1.29, 1.82) is 0 Å². The van der Waals surface area contributed by atoms with Gasteiger partial charge < -0.3 is 15.3 Å². The topological polar surface area (TPSA) is 35.5 Å². The Hall–Kier alpha value is -0.120. The van der Waals surface area contributed by atoms with Crippen LogP contribution in [0.5, 0.6) is 0 Å². The van der Waals surface area contributed by atoms with Crippen LogP contribution in [0.3, 0.4) is 0 Å². The summed E-state index contributed by atoms with van der Waals surface area (Å²) >= 11 is 0. The van der Waals surface area contributed by atoms with Crippen LogP contribution in [0.25, 0.3) is 0 Å². The second kappa shape index (κ2) is 6.55. The average Bonchev–Trinajstić information content (AvgIpc) is 3.21. The molecule has 0 amide bonds. The molecule has 0 radical (unpaired) electrons. The molecule has 0 aliphatic heterocycles. The van der Waals surface area contributed by atoms with Crippen LogP contribution in [0.4, 0.5) is 0 Å². The van der Waals surface area contributed by atoms with Crippen molar-refractivity contribution >= 4 is 0 Å². The molecular weight excluding hydrogens is 260 g/mol. The van der Waals surface area contributed by atoms with E-state index in [9.17, 15) is 5.11 Å². The van der Waals surface area contributed by atoms with E-state index in [2.05, 4.69) is 45.0 Å². The summed E-state index contributed by atoms with van der Waals surface area (Å²) in [7, 11) is 2.28. The van der Waals surface area contributed by atoms with Gasteiger partial charge in [-0.05, 0) is 71.3 Å². The molecule has 0 aromatic rings. The molecule has 2 unspecified atom stereocenters. The summed E-state index contributed by atoms with van der Waals surface area (Å²) in [5.41, 5.74) is 0.413. The van der Waals surface area contributed by atoms with E-state index in [1.54, 1.807) is 0 Å². The molecule has 3 heteroatoms. The maximum Gasteiger partial charge on any atom is 0.0611 e. The van der Waals surface area contributed by atoms with E-state index in [0.29, 0.717) is 17.5 Å². The standard InChI is InChI=1S/C18H36N2O/c1-14(12-18(4,13-21)19-15-6-7-15)20(5)16-8-10-17(2,3)11-9-16/h14-16,19,21H,6-13H2,1-5H3. The highest BCUT2D eigenvalue weighted by Crippen LogP contribution is 2.37. The highest BCUT2D eigenvalue weighted by Gasteiger charge is 2.36. The second-order valence-corrected chi connectivity index (χ2v) is 8.75. The van der Waals surface area contributed by atoms with Gasteiger partial charge in [-0.15, -0.1) is 0 Å². The SMILES string of the molecule is CC(CC(C)(CO)NC1CC1)N(C)C1CCC(C)(C)CC1. The van der Waals surface area contributed by atoms with Crippen molar-refractivity contribution < 1.29 is 5.11 Å². The smallest absolute Gasteiger partial charge is 0.0611 e. The van der Waals surface area contributed by atoms with E-state index in [1.165, 1.54) is 38.5 Å². The Morgan fingerprint density at radius 3 is 2.29 bits per heavy atom. The van der Waals surface area contributed by atoms with E-state index in [-0.39, 0.29) is 12.1 Å².